The van der Waals surface area contributed by atoms with Crippen molar-refractivity contribution < 1.29 is 14.5 Å². The molecule has 2 aromatic rings. The number of nitro benzene ring substituents is 1. The van der Waals surface area contributed by atoms with Crippen LogP contribution >= 0.6 is 34.8 Å². The number of halogens is 3. The van der Waals surface area contributed by atoms with Gasteiger partial charge in [0.05, 0.1) is 21.2 Å². The van der Waals surface area contributed by atoms with E-state index in [-0.39, 0.29) is 21.4 Å². The van der Waals surface area contributed by atoms with Crippen LogP contribution in [0.25, 0.3) is 0 Å². The highest BCUT2D eigenvalue weighted by Gasteiger charge is 2.14. The number of anilines is 1. The molecule has 2 rings (SSSR count). The highest BCUT2D eigenvalue weighted by atomic mass is 35.5. The molecule has 26 heavy (non-hydrogen) atoms. The second kappa shape index (κ2) is 8.61. The van der Waals surface area contributed by atoms with Crippen LogP contribution in [0, 0.1) is 10.1 Å². The van der Waals surface area contributed by atoms with Gasteiger partial charge in [0.1, 0.15) is 5.02 Å². The van der Waals surface area contributed by atoms with E-state index >= 15 is 0 Å². The molecule has 0 bridgehead atoms. The van der Waals surface area contributed by atoms with Crippen molar-refractivity contribution in [3.63, 3.8) is 0 Å². The summed E-state index contributed by atoms with van der Waals surface area (Å²) in [4.78, 5) is 33.6. The van der Waals surface area contributed by atoms with Gasteiger partial charge in [-0.1, -0.05) is 40.9 Å². The number of carbonyl (C=O) groups is 2. The third-order valence-corrected chi connectivity index (χ3v) is 3.99. The molecule has 11 heteroatoms. The summed E-state index contributed by atoms with van der Waals surface area (Å²) in [6.45, 7) is 0. The normalized spacial score (nSPS) is 10.6. The smallest absolute Gasteiger partial charge is 0.318 e. The lowest BCUT2D eigenvalue weighted by Gasteiger charge is -2.05. The Labute approximate surface area is 161 Å². The van der Waals surface area contributed by atoms with Gasteiger partial charge in [0.2, 0.25) is 0 Å². The number of hydrogen-bond donors (Lipinski definition) is 2. The molecule has 8 nitrogen and oxygen atoms in total. The van der Waals surface area contributed by atoms with Crippen molar-refractivity contribution in [3.8, 4) is 0 Å². The molecule has 0 radical (unpaired) electrons. The molecule has 2 N–H and O–H groups in total. The molecule has 0 aliphatic carbocycles. The molecule has 0 spiro atoms. The number of nitrogens with one attached hydrogen (secondary N) is 2. The van der Waals surface area contributed by atoms with Crippen molar-refractivity contribution in [1.29, 1.82) is 0 Å². The summed E-state index contributed by atoms with van der Waals surface area (Å²) in [7, 11) is 0. The van der Waals surface area contributed by atoms with Crippen molar-refractivity contribution in [3.05, 3.63) is 67.1 Å². The first-order valence-electron chi connectivity index (χ1n) is 6.81. The van der Waals surface area contributed by atoms with E-state index in [0.29, 0.717) is 10.6 Å². The van der Waals surface area contributed by atoms with Crippen LogP contribution in [0.15, 0.2) is 41.5 Å². The fourth-order valence-electron chi connectivity index (χ4n) is 1.73. The van der Waals surface area contributed by atoms with Gasteiger partial charge < -0.3 is 5.32 Å². The number of nitro groups is 1. The number of nitrogens with zero attached hydrogens (tertiary/aromatic N) is 2. The second-order valence-corrected chi connectivity index (χ2v) is 5.97. The highest BCUT2D eigenvalue weighted by molar-refractivity contribution is 6.43. The van der Waals surface area contributed by atoms with E-state index in [1.165, 1.54) is 36.4 Å². The zero-order chi connectivity index (χ0) is 19.3. The minimum absolute atomic E-state index is 0.0304. The molecule has 0 aromatic heterocycles. The lowest BCUT2D eigenvalue weighted by molar-refractivity contribution is -0.384. The van der Waals surface area contributed by atoms with Crippen LogP contribution in [-0.2, 0) is 9.59 Å². The Morgan fingerprint density at radius 2 is 1.69 bits per heavy atom. The molecule has 0 aliphatic rings. The quantitative estimate of drug-likeness (QED) is 0.343. The number of carbonyl (C=O) groups excluding carboxylic acids is 2. The van der Waals surface area contributed by atoms with Crippen LogP contribution in [0.5, 0.6) is 0 Å². The SMILES string of the molecule is O=C(N/N=C\c1ccc(Cl)c([N+](=O)[O-])c1)C(=O)Nc1ccc(Cl)c(Cl)c1. The predicted molar refractivity (Wildman–Crippen MR) is 98.9 cm³/mol. The van der Waals surface area contributed by atoms with Crippen LogP contribution in [-0.4, -0.2) is 23.0 Å². The molecule has 134 valence electrons. The zero-order valence-electron chi connectivity index (χ0n) is 12.7. The van der Waals surface area contributed by atoms with E-state index in [1.807, 2.05) is 5.43 Å². The summed E-state index contributed by atoms with van der Waals surface area (Å²) in [5, 5.41) is 17.2. The van der Waals surface area contributed by atoms with Gasteiger partial charge in [0.15, 0.2) is 0 Å². The minimum atomic E-state index is -1.05. The van der Waals surface area contributed by atoms with Crippen LogP contribution in [0.4, 0.5) is 11.4 Å². The van der Waals surface area contributed by atoms with Gasteiger partial charge in [0.25, 0.3) is 5.69 Å². The standard InChI is InChI=1S/C15H9Cl3N4O4/c16-10-4-2-9(6-12(10)18)20-14(23)15(24)21-19-7-8-1-3-11(17)13(5-8)22(25)26/h1-7H,(H,20,23)(H,21,24)/b19-7-. The molecule has 0 heterocycles. The predicted octanol–water partition coefficient (Wildman–Crippen LogP) is 3.64. The van der Waals surface area contributed by atoms with Crippen LogP contribution in [0.2, 0.25) is 15.1 Å². The van der Waals surface area contributed by atoms with Gasteiger partial charge in [-0.2, -0.15) is 5.10 Å². The zero-order valence-corrected chi connectivity index (χ0v) is 15.0. The van der Waals surface area contributed by atoms with E-state index in [9.17, 15) is 19.7 Å². The van der Waals surface area contributed by atoms with Crippen LogP contribution in [0.3, 0.4) is 0 Å². The highest BCUT2D eigenvalue weighted by Crippen LogP contribution is 2.25. The maximum Gasteiger partial charge on any atom is 0.329 e. The first-order valence-corrected chi connectivity index (χ1v) is 7.94. The summed E-state index contributed by atoms with van der Waals surface area (Å²) in [5.41, 5.74) is 2.28. The number of rotatable bonds is 4. The summed E-state index contributed by atoms with van der Waals surface area (Å²) in [6.07, 6.45) is 1.13. The third kappa shape index (κ3) is 5.16. The van der Waals surface area contributed by atoms with Gasteiger partial charge in [-0.3, -0.25) is 19.7 Å². The number of amides is 2. The van der Waals surface area contributed by atoms with E-state index in [2.05, 4.69) is 10.4 Å². The van der Waals surface area contributed by atoms with Crippen molar-refractivity contribution in [2.24, 2.45) is 5.10 Å². The average Bonchev–Trinajstić information content (AvgIpc) is 2.59. The fraction of sp³-hybridized carbons (Fsp3) is 0. The molecule has 0 saturated heterocycles. The summed E-state index contributed by atoms with van der Waals surface area (Å²) in [5.74, 6) is -2.03. The average molecular weight is 416 g/mol. The Bertz CT molecular complexity index is 918. The second-order valence-electron chi connectivity index (χ2n) is 4.75. The summed E-state index contributed by atoms with van der Waals surface area (Å²) in [6, 6.07) is 8.26. The molecule has 0 unspecified atom stereocenters. The van der Waals surface area contributed by atoms with Crippen molar-refractivity contribution in [2.45, 2.75) is 0 Å². The van der Waals surface area contributed by atoms with Gasteiger partial charge in [-0.15, -0.1) is 0 Å². The molecule has 2 amide bonds. The van der Waals surface area contributed by atoms with E-state index in [4.69, 9.17) is 34.8 Å². The minimum Gasteiger partial charge on any atom is -0.318 e. The molecular formula is C15H9Cl3N4O4. The number of hydrazone groups is 1. The van der Waals surface area contributed by atoms with Gasteiger partial charge in [0, 0.05) is 17.3 Å². The molecule has 0 atom stereocenters. The fourth-order valence-corrected chi connectivity index (χ4v) is 2.21. The Balaban J connectivity index is 1.98. The Kier molecular flexibility index (Phi) is 6.51. The lowest BCUT2D eigenvalue weighted by atomic mass is 10.2. The van der Waals surface area contributed by atoms with Crippen molar-refractivity contribution >= 4 is 64.2 Å². The molecule has 2 aromatic carbocycles. The van der Waals surface area contributed by atoms with Crippen LogP contribution < -0.4 is 10.7 Å². The van der Waals surface area contributed by atoms with Crippen LogP contribution in [0.1, 0.15) is 5.56 Å². The van der Waals surface area contributed by atoms with Crippen molar-refractivity contribution in [2.75, 3.05) is 5.32 Å². The lowest BCUT2D eigenvalue weighted by Crippen LogP contribution is -2.32. The largest absolute Gasteiger partial charge is 0.329 e. The van der Waals surface area contributed by atoms with E-state index in [0.717, 1.165) is 6.21 Å². The maximum atomic E-state index is 11.8. The van der Waals surface area contributed by atoms with Gasteiger partial charge in [-0.25, -0.2) is 5.43 Å². The van der Waals surface area contributed by atoms with E-state index in [1.54, 1.807) is 0 Å². The summed E-state index contributed by atoms with van der Waals surface area (Å²) >= 11 is 17.3. The maximum absolute atomic E-state index is 11.8. The number of benzene rings is 2. The number of hydrogen-bond acceptors (Lipinski definition) is 5. The Hall–Kier alpha value is -2.68. The van der Waals surface area contributed by atoms with E-state index < -0.39 is 16.7 Å². The topological polar surface area (TPSA) is 114 Å². The molecule has 0 fully saturated rings. The molecular weight excluding hydrogens is 407 g/mol. The van der Waals surface area contributed by atoms with Gasteiger partial charge >= 0.3 is 11.8 Å². The first-order chi connectivity index (χ1) is 12.3. The monoisotopic (exact) mass is 414 g/mol. The molecule has 0 saturated carbocycles. The first kappa shape index (κ1) is 19.6. The third-order valence-electron chi connectivity index (χ3n) is 2.93. The molecule has 0 aliphatic heterocycles. The Morgan fingerprint density at radius 3 is 2.35 bits per heavy atom. The summed E-state index contributed by atoms with van der Waals surface area (Å²) < 4.78 is 0. The Morgan fingerprint density at radius 1 is 1.00 bits per heavy atom. The van der Waals surface area contributed by atoms with Gasteiger partial charge in [-0.05, 0) is 24.3 Å². The van der Waals surface area contributed by atoms with Crippen molar-refractivity contribution in [1.82, 2.24) is 5.43 Å².